The summed E-state index contributed by atoms with van der Waals surface area (Å²) in [7, 11) is -3.75. The Morgan fingerprint density at radius 2 is 2.00 bits per heavy atom. The van der Waals surface area contributed by atoms with Gasteiger partial charge in [-0.2, -0.15) is 0 Å². The van der Waals surface area contributed by atoms with Crippen LogP contribution in [0.1, 0.15) is 6.92 Å². The Bertz CT molecular complexity index is 856. The zero-order chi connectivity index (χ0) is 17.9. The van der Waals surface area contributed by atoms with E-state index in [4.69, 9.17) is 14.2 Å². The number of nitrogens with one attached hydrogen (secondary N) is 1. The zero-order valence-corrected chi connectivity index (χ0v) is 16.0. The first kappa shape index (κ1) is 18.0. The Hall–Kier alpha value is -1.77. The number of ether oxygens (including phenoxy) is 3. The highest BCUT2D eigenvalue weighted by molar-refractivity contribution is 9.10. The summed E-state index contributed by atoms with van der Waals surface area (Å²) in [6.07, 6.45) is -0.410. The van der Waals surface area contributed by atoms with Crippen LogP contribution >= 0.6 is 15.9 Å². The van der Waals surface area contributed by atoms with Gasteiger partial charge in [0, 0.05) is 4.47 Å². The van der Waals surface area contributed by atoms with E-state index in [-0.39, 0.29) is 18.0 Å². The minimum atomic E-state index is -3.75. The lowest BCUT2D eigenvalue weighted by Crippen LogP contribution is -2.40. The van der Waals surface area contributed by atoms with Crippen LogP contribution in [-0.2, 0) is 10.0 Å². The van der Waals surface area contributed by atoms with Gasteiger partial charge in [-0.25, -0.2) is 13.1 Å². The monoisotopic (exact) mass is 427 g/mol. The summed E-state index contributed by atoms with van der Waals surface area (Å²) in [6.45, 7) is 2.54. The van der Waals surface area contributed by atoms with E-state index in [1.165, 1.54) is 6.07 Å². The zero-order valence-electron chi connectivity index (χ0n) is 13.6. The van der Waals surface area contributed by atoms with Crippen molar-refractivity contribution in [2.45, 2.75) is 17.9 Å². The van der Waals surface area contributed by atoms with Crippen molar-refractivity contribution in [1.82, 2.24) is 4.72 Å². The Kier molecular flexibility index (Phi) is 5.51. The number of hydrogen-bond acceptors (Lipinski definition) is 5. The third-order valence-corrected chi connectivity index (χ3v) is 5.50. The van der Waals surface area contributed by atoms with Crippen molar-refractivity contribution < 1.29 is 22.6 Å². The van der Waals surface area contributed by atoms with E-state index in [0.29, 0.717) is 28.3 Å². The van der Waals surface area contributed by atoms with Crippen molar-refractivity contribution in [3.05, 3.63) is 46.9 Å². The van der Waals surface area contributed by atoms with Gasteiger partial charge in [-0.3, -0.25) is 0 Å². The lowest BCUT2D eigenvalue weighted by Gasteiger charge is -2.26. The van der Waals surface area contributed by atoms with Crippen LogP contribution in [0, 0.1) is 0 Å². The van der Waals surface area contributed by atoms with Crippen molar-refractivity contribution >= 4 is 26.0 Å². The minimum absolute atomic E-state index is 0.0841. The van der Waals surface area contributed by atoms with Gasteiger partial charge >= 0.3 is 0 Å². The average molecular weight is 428 g/mol. The summed E-state index contributed by atoms with van der Waals surface area (Å²) in [5.74, 6) is 1.58. The van der Waals surface area contributed by atoms with E-state index < -0.39 is 16.1 Å². The van der Waals surface area contributed by atoms with Gasteiger partial charge in [0.05, 0.1) is 13.2 Å². The summed E-state index contributed by atoms with van der Waals surface area (Å²) in [4.78, 5) is 0.0841. The first-order chi connectivity index (χ1) is 12.0. The van der Waals surface area contributed by atoms with E-state index in [1.54, 1.807) is 25.1 Å². The van der Waals surface area contributed by atoms with E-state index >= 15 is 0 Å². The molecule has 25 heavy (non-hydrogen) atoms. The van der Waals surface area contributed by atoms with Crippen molar-refractivity contribution in [1.29, 1.82) is 0 Å². The summed E-state index contributed by atoms with van der Waals surface area (Å²) in [5, 5.41) is 0. The molecule has 1 aliphatic heterocycles. The molecule has 0 radical (unpaired) electrons. The summed E-state index contributed by atoms with van der Waals surface area (Å²) >= 11 is 3.29. The SMILES string of the molecule is CCOc1ccc(Br)cc1S(=O)(=O)NC[C@H]1COc2ccccc2O1. The maximum Gasteiger partial charge on any atom is 0.244 e. The Labute approximate surface area is 155 Å². The van der Waals surface area contributed by atoms with Crippen LogP contribution in [0.5, 0.6) is 17.2 Å². The maximum atomic E-state index is 12.7. The molecule has 1 atom stereocenters. The number of halogens is 1. The van der Waals surface area contributed by atoms with Gasteiger partial charge < -0.3 is 14.2 Å². The lowest BCUT2D eigenvalue weighted by molar-refractivity contribution is 0.0943. The lowest BCUT2D eigenvalue weighted by atomic mass is 10.2. The molecular weight excluding hydrogens is 410 g/mol. The fraction of sp³-hybridized carbons (Fsp3) is 0.294. The molecule has 8 heteroatoms. The summed E-state index contributed by atoms with van der Waals surface area (Å²) in [6, 6.07) is 12.2. The smallest absolute Gasteiger partial charge is 0.244 e. The van der Waals surface area contributed by atoms with Crippen molar-refractivity contribution in [2.75, 3.05) is 19.8 Å². The van der Waals surface area contributed by atoms with Gasteiger partial charge in [0.2, 0.25) is 10.0 Å². The highest BCUT2D eigenvalue weighted by Gasteiger charge is 2.25. The molecule has 0 aromatic heterocycles. The van der Waals surface area contributed by atoms with Gasteiger partial charge in [0.15, 0.2) is 11.5 Å². The fourth-order valence-electron chi connectivity index (χ4n) is 2.41. The molecule has 3 rings (SSSR count). The second-order valence-electron chi connectivity index (χ2n) is 5.37. The van der Waals surface area contributed by atoms with Gasteiger partial charge in [-0.1, -0.05) is 28.1 Å². The topological polar surface area (TPSA) is 73.9 Å². The highest BCUT2D eigenvalue weighted by Crippen LogP contribution is 2.31. The van der Waals surface area contributed by atoms with E-state index in [9.17, 15) is 8.42 Å². The van der Waals surface area contributed by atoms with Crippen LogP contribution in [0.15, 0.2) is 51.8 Å². The average Bonchev–Trinajstić information content (AvgIpc) is 2.61. The molecule has 0 saturated heterocycles. The molecule has 1 N–H and O–H groups in total. The van der Waals surface area contributed by atoms with Crippen LogP contribution in [0.3, 0.4) is 0 Å². The Morgan fingerprint density at radius 3 is 2.76 bits per heavy atom. The maximum absolute atomic E-state index is 12.7. The van der Waals surface area contributed by atoms with Crippen molar-refractivity contribution in [2.24, 2.45) is 0 Å². The van der Waals surface area contributed by atoms with Gasteiger partial charge in [0.1, 0.15) is 23.4 Å². The molecular formula is C17H18BrNO5S. The number of para-hydroxylation sites is 2. The first-order valence-corrected chi connectivity index (χ1v) is 10.1. The third-order valence-electron chi connectivity index (χ3n) is 3.56. The van der Waals surface area contributed by atoms with Gasteiger partial charge in [-0.05, 0) is 37.3 Å². The summed E-state index contributed by atoms with van der Waals surface area (Å²) < 4.78 is 45.3. The molecule has 0 aliphatic carbocycles. The highest BCUT2D eigenvalue weighted by atomic mass is 79.9. The molecule has 0 amide bonds. The number of hydrogen-bond donors (Lipinski definition) is 1. The van der Waals surface area contributed by atoms with E-state index in [0.717, 1.165) is 0 Å². The molecule has 0 spiro atoms. The molecule has 0 fully saturated rings. The molecule has 0 bridgehead atoms. The molecule has 2 aromatic carbocycles. The standard InChI is InChI=1S/C17H18BrNO5S/c1-2-22-16-8-7-12(18)9-17(16)25(20,21)19-10-13-11-23-14-5-3-4-6-15(14)24-13/h3-9,13,19H,2,10-11H2,1H3/t13-/m0/s1. The third kappa shape index (κ3) is 4.26. The van der Waals surface area contributed by atoms with Crippen molar-refractivity contribution in [3.63, 3.8) is 0 Å². The first-order valence-electron chi connectivity index (χ1n) is 7.80. The number of rotatable bonds is 6. The second-order valence-corrected chi connectivity index (χ2v) is 8.02. The second kappa shape index (κ2) is 7.63. The molecule has 2 aromatic rings. The predicted octanol–water partition coefficient (Wildman–Crippen LogP) is 2.97. The quantitative estimate of drug-likeness (QED) is 0.766. The van der Waals surface area contributed by atoms with Crippen LogP contribution in [0.4, 0.5) is 0 Å². The van der Waals surface area contributed by atoms with E-state index in [1.807, 2.05) is 18.2 Å². The van der Waals surface area contributed by atoms with Crippen LogP contribution in [0.25, 0.3) is 0 Å². The molecule has 0 saturated carbocycles. The van der Waals surface area contributed by atoms with Crippen LogP contribution in [0.2, 0.25) is 0 Å². The van der Waals surface area contributed by atoms with Crippen LogP contribution in [-0.4, -0.2) is 34.3 Å². The molecule has 1 aliphatic rings. The number of fused-ring (bicyclic) bond motifs is 1. The van der Waals surface area contributed by atoms with E-state index in [2.05, 4.69) is 20.7 Å². The molecule has 134 valence electrons. The fourth-order valence-corrected chi connectivity index (χ4v) is 4.16. The van der Waals surface area contributed by atoms with Gasteiger partial charge in [0.25, 0.3) is 0 Å². The Balaban J connectivity index is 1.72. The van der Waals surface area contributed by atoms with Crippen molar-refractivity contribution in [3.8, 4) is 17.2 Å². The van der Waals surface area contributed by atoms with Crippen LogP contribution < -0.4 is 18.9 Å². The normalized spacial score (nSPS) is 16.5. The number of benzene rings is 2. The molecule has 1 heterocycles. The minimum Gasteiger partial charge on any atom is -0.492 e. The summed E-state index contributed by atoms with van der Waals surface area (Å²) in [5.41, 5.74) is 0. The van der Waals surface area contributed by atoms with Gasteiger partial charge in [-0.15, -0.1) is 0 Å². The number of sulfonamides is 1. The predicted molar refractivity (Wildman–Crippen MR) is 96.9 cm³/mol. The molecule has 6 nitrogen and oxygen atoms in total. The Morgan fingerprint density at radius 1 is 1.24 bits per heavy atom. The largest absolute Gasteiger partial charge is 0.492 e. The molecule has 0 unspecified atom stereocenters.